The molecule has 12 heteroatoms. The summed E-state index contributed by atoms with van der Waals surface area (Å²) in [4.78, 5) is 0. The highest BCUT2D eigenvalue weighted by Crippen LogP contribution is 2.41. The molecule has 0 atom stereocenters. The van der Waals surface area contributed by atoms with Crippen molar-refractivity contribution in [1.29, 1.82) is 0 Å². The van der Waals surface area contributed by atoms with Gasteiger partial charge in [0.05, 0.1) is 5.02 Å². The molecule has 0 fully saturated rings. The molecule has 0 saturated heterocycles. The van der Waals surface area contributed by atoms with Crippen molar-refractivity contribution < 1.29 is 48.6 Å². The largest absolute Gasteiger partial charge is 0.432 e. The maximum absolute atomic E-state index is 15.3. The first-order valence-electron chi connectivity index (χ1n) is 14.5. The maximum atomic E-state index is 15.3. The summed E-state index contributed by atoms with van der Waals surface area (Å²) in [5.41, 5.74) is -3.17. The number of aryl methyl sites for hydroxylation is 1. The van der Waals surface area contributed by atoms with Gasteiger partial charge in [0.15, 0.2) is 17.5 Å². The molecule has 0 aliphatic heterocycles. The van der Waals surface area contributed by atoms with Gasteiger partial charge in [-0.2, -0.15) is 8.78 Å². The molecular formula is C36H23ClF10O. The summed E-state index contributed by atoms with van der Waals surface area (Å²) in [7, 11) is 0. The van der Waals surface area contributed by atoms with Gasteiger partial charge in [0.2, 0.25) is 0 Å². The lowest BCUT2D eigenvalue weighted by Gasteiger charge is -2.20. The molecule has 5 aromatic carbocycles. The van der Waals surface area contributed by atoms with Crippen LogP contribution in [0.2, 0.25) is 5.02 Å². The van der Waals surface area contributed by atoms with Crippen LogP contribution in [0.5, 0.6) is 5.75 Å². The lowest BCUT2D eigenvalue weighted by atomic mass is 9.96. The molecule has 0 aliphatic rings. The van der Waals surface area contributed by atoms with Crippen molar-refractivity contribution in [2.24, 2.45) is 0 Å². The number of benzene rings is 5. The quantitative estimate of drug-likeness (QED) is 0.0802. The summed E-state index contributed by atoms with van der Waals surface area (Å²) < 4.78 is 150. The monoisotopic (exact) mass is 696 g/mol. The smallest absolute Gasteiger partial charge is 0.429 e. The molecule has 0 spiro atoms. The fraction of sp³-hybridized carbons (Fsp3) is 0.167. The van der Waals surface area contributed by atoms with E-state index in [0.29, 0.717) is 36.8 Å². The molecule has 1 nitrogen and oxygen atoms in total. The second-order valence-electron chi connectivity index (χ2n) is 10.9. The third-order valence-electron chi connectivity index (χ3n) is 7.56. The van der Waals surface area contributed by atoms with Crippen molar-refractivity contribution in [3.05, 3.63) is 135 Å². The summed E-state index contributed by atoms with van der Waals surface area (Å²) in [6.07, 6.45) is -1.27. The van der Waals surface area contributed by atoms with Crippen LogP contribution in [0.4, 0.5) is 43.9 Å². The topological polar surface area (TPSA) is 9.23 Å². The van der Waals surface area contributed by atoms with Crippen molar-refractivity contribution in [1.82, 2.24) is 0 Å². The number of halogens is 11. The van der Waals surface area contributed by atoms with Gasteiger partial charge < -0.3 is 4.74 Å². The van der Waals surface area contributed by atoms with E-state index in [1.54, 1.807) is 6.07 Å². The van der Waals surface area contributed by atoms with Crippen molar-refractivity contribution >= 4 is 11.6 Å². The normalized spacial score (nSPS) is 11.7. The van der Waals surface area contributed by atoms with E-state index in [-0.39, 0.29) is 16.1 Å². The molecule has 0 radical (unpaired) electrons. The fourth-order valence-electron chi connectivity index (χ4n) is 5.23. The molecule has 0 bridgehead atoms. The van der Waals surface area contributed by atoms with Crippen LogP contribution in [0.15, 0.2) is 72.8 Å². The van der Waals surface area contributed by atoms with Gasteiger partial charge in [-0.3, -0.25) is 0 Å². The van der Waals surface area contributed by atoms with Crippen LogP contribution in [0.1, 0.15) is 37.3 Å². The van der Waals surface area contributed by atoms with Crippen LogP contribution >= 0.6 is 11.6 Å². The van der Waals surface area contributed by atoms with Crippen LogP contribution in [0.3, 0.4) is 0 Å². The molecule has 250 valence electrons. The molecule has 0 aliphatic carbocycles. The number of ether oxygens (including phenoxy) is 1. The molecule has 5 rings (SSSR count). The highest BCUT2D eigenvalue weighted by atomic mass is 35.5. The van der Waals surface area contributed by atoms with E-state index < -0.39 is 86.2 Å². The third-order valence-corrected chi connectivity index (χ3v) is 7.86. The standard InChI is InChI=1S/C36H23ClF10O/c1-2-3-4-5-18-6-8-23(26(38)10-18)19-11-25(37)33(28(40)12-19)21-15-29(41)34(30(42)16-21)36(46,47)48-22-7-9-24(27(39)17-22)20-13-31(43)35(45)32(44)14-20/h6-17H,2-5H2,1H3. The Kier molecular flexibility index (Phi) is 10.1. The number of unbranched alkanes of at least 4 members (excludes halogenated alkanes) is 2. The Morgan fingerprint density at radius 1 is 0.583 bits per heavy atom. The average Bonchev–Trinajstić information content (AvgIpc) is 2.99. The fourth-order valence-corrected chi connectivity index (χ4v) is 5.55. The van der Waals surface area contributed by atoms with E-state index in [1.807, 2.05) is 6.92 Å². The summed E-state index contributed by atoms with van der Waals surface area (Å²) in [6.45, 7) is 2.04. The highest BCUT2D eigenvalue weighted by molar-refractivity contribution is 6.33. The zero-order chi connectivity index (χ0) is 34.9. The highest BCUT2D eigenvalue weighted by Gasteiger charge is 2.41. The summed E-state index contributed by atoms with van der Waals surface area (Å²) in [5, 5.41) is -0.387. The van der Waals surface area contributed by atoms with Gasteiger partial charge in [0, 0.05) is 22.8 Å². The number of rotatable bonds is 10. The number of alkyl halides is 2. The minimum Gasteiger partial charge on any atom is -0.429 e. The minimum absolute atomic E-state index is 0.0209. The second-order valence-corrected chi connectivity index (χ2v) is 11.3. The first-order valence-corrected chi connectivity index (χ1v) is 14.9. The van der Waals surface area contributed by atoms with Gasteiger partial charge >= 0.3 is 6.11 Å². The van der Waals surface area contributed by atoms with Crippen LogP contribution in [0, 0.1) is 46.5 Å². The van der Waals surface area contributed by atoms with E-state index in [4.69, 9.17) is 11.6 Å². The zero-order valence-electron chi connectivity index (χ0n) is 24.8. The molecular weight excluding hydrogens is 674 g/mol. The SMILES string of the molecule is CCCCCc1ccc(-c2cc(F)c(-c3cc(F)c(C(F)(F)Oc4ccc(-c5cc(F)c(F)c(F)c5)c(F)c4)c(F)c3)c(Cl)c2)c(F)c1. The van der Waals surface area contributed by atoms with Crippen LogP contribution in [-0.4, -0.2) is 0 Å². The first-order chi connectivity index (χ1) is 22.7. The Hall–Kier alpha value is -4.51. The lowest BCUT2D eigenvalue weighted by molar-refractivity contribution is -0.189. The summed E-state index contributed by atoms with van der Waals surface area (Å²) >= 11 is 6.25. The Balaban J connectivity index is 1.41. The zero-order valence-corrected chi connectivity index (χ0v) is 25.6. The van der Waals surface area contributed by atoms with Gasteiger partial charge in [-0.25, -0.2) is 35.1 Å². The molecule has 48 heavy (non-hydrogen) atoms. The van der Waals surface area contributed by atoms with Crippen molar-refractivity contribution in [3.63, 3.8) is 0 Å². The predicted molar refractivity (Wildman–Crippen MR) is 162 cm³/mol. The molecule has 0 amide bonds. The van der Waals surface area contributed by atoms with E-state index >= 15 is 22.0 Å². The average molecular weight is 697 g/mol. The number of hydrogen-bond donors (Lipinski definition) is 0. The molecule has 5 aromatic rings. The molecule has 0 N–H and O–H groups in total. The van der Waals surface area contributed by atoms with Crippen LogP contribution < -0.4 is 4.74 Å². The first kappa shape index (κ1) is 34.8. The van der Waals surface area contributed by atoms with Crippen LogP contribution in [-0.2, 0) is 12.5 Å². The maximum Gasteiger partial charge on any atom is 0.432 e. The van der Waals surface area contributed by atoms with Gasteiger partial charge in [-0.05, 0) is 89.7 Å². The Labute approximate surface area is 273 Å². The van der Waals surface area contributed by atoms with Crippen LogP contribution in [0.25, 0.3) is 33.4 Å². The Bertz CT molecular complexity index is 1940. The number of hydrogen-bond acceptors (Lipinski definition) is 1. The predicted octanol–water partition coefficient (Wildman–Crippen LogP) is 12.3. The van der Waals surface area contributed by atoms with E-state index in [9.17, 15) is 22.0 Å². The summed E-state index contributed by atoms with van der Waals surface area (Å²) in [6, 6.07) is 10.2. The van der Waals surface area contributed by atoms with Gasteiger partial charge in [-0.15, -0.1) is 0 Å². The Morgan fingerprint density at radius 2 is 1.12 bits per heavy atom. The third kappa shape index (κ3) is 7.16. The van der Waals surface area contributed by atoms with Gasteiger partial charge in [-0.1, -0.05) is 43.5 Å². The van der Waals surface area contributed by atoms with Crippen molar-refractivity contribution in [2.75, 3.05) is 0 Å². The molecule has 0 aromatic heterocycles. The molecule has 0 saturated carbocycles. The van der Waals surface area contributed by atoms with E-state index in [0.717, 1.165) is 43.0 Å². The van der Waals surface area contributed by atoms with E-state index in [1.165, 1.54) is 18.2 Å². The Morgan fingerprint density at radius 3 is 1.69 bits per heavy atom. The molecule has 0 heterocycles. The second kappa shape index (κ2) is 13.9. The lowest BCUT2D eigenvalue weighted by Crippen LogP contribution is -2.25. The molecule has 0 unspecified atom stereocenters. The van der Waals surface area contributed by atoms with Gasteiger partial charge in [0.1, 0.15) is 40.4 Å². The summed E-state index contributed by atoms with van der Waals surface area (Å²) in [5.74, 6) is -12.8. The van der Waals surface area contributed by atoms with Gasteiger partial charge in [0.25, 0.3) is 0 Å². The minimum atomic E-state index is -4.75. The van der Waals surface area contributed by atoms with Crippen molar-refractivity contribution in [3.8, 4) is 39.1 Å². The van der Waals surface area contributed by atoms with E-state index in [2.05, 4.69) is 4.74 Å². The van der Waals surface area contributed by atoms with Crippen molar-refractivity contribution in [2.45, 2.75) is 38.7 Å².